The molecule has 1 aliphatic heterocycles. The Hall–Kier alpha value is -1.36. The molecular formula is C8H10N2O3. The van der Waals surface area contributed by atoms with Gasteiger partial charge in [-0.2, -0.15) is 0 Å². The fraction of sp³-hybridized carbons (Fsp3) is 0.500. The van der Waals surface area contributed by atoms with Gasteiger partial charge >= 0.3 is 5.97 Å². The molecule has 0 aliphatic carbocycles. The molecule has 1 fully saturated rings. The number of hydrogen-bond acceptors (Lipinski definition) is 4. The van der Waals surface area contributed by atoms with Crippen LogP contribution in [0.3, 0.4) is 0 Å². The smallest absolute Gasteiger partial charge is 0.373 e. The zero-order valence-electron chi connectivity index (χ0n) is 6.99. The summed E-state index contributed by atoms with van der Waals surface area (Å²) in [5.41, 5.74) is 0. The lowest BCUT2D eigenvalue weighted by molar-refractivity contribution is 0.0659. The SMILES string of the molecule is O=C(O)c1cnc(CC2CNC2)o1. The molecule has 2 N–H and O–H groups in total. The predicted octanol–water partition coefficient (Wildman–Crippen LogP) is 0.135. The second kappa shape index (κ2) is 3.18. The Morgan fingerprint density at radius 2 is 2.54 bits per heavy atom. The molecule has 0 bridgehead atoms. The number of carbonyl (C=O) groups is 1. The Labute approximate surface area is 74.8 Å². The zero-order chi connectivity index (χ0) is 9.26. The zero-order valence-corrected chi connectivity index (χ0v) is 6.99. The van der Waals surface area contributed by atoms with E-state index in [1.54, 1.807) is 0 Å². The Morgan fingerprint density at radius 3 is 3.00 bits per heavy atom. The highest BCUT2D eigenvalue weighted by Gasteiger charge is 2.20. The van der Waals surface area contributed by atoms with Crippen molar-refractivity contribution in [2.45, 2.75) is 6.42 Å². The molecule has 2 rings (SSSR count). The van der Waals surface area contributed by atoms with Gasteiger partial charge in [0.25, 0.3) is 0 Å². The quantitative estimate of drug-likeness (QED) is 0.695. The van der Waals surface area contributed by atoms with E-state index in [4.69, 9.17) is 9.52 Å². The molecule has 0 atom stereocenters. The molecule has 0 saturated carbocycles. The Balaban J connectivity index is 2.00. The van der Waals surface area contributed by atoms with Gasteiger partial charge < -0.3 is 14.8 Å². The maximum Gasteiger partial charge on any atom is 0.373 e. The van der Waals surface area contributed by atoms with Gasteiger partial charge in [-0.05, 0) is 19.0 Å². The van der Waals surface area contributed by atoms with Gasteiger partial charge in [0.1, 0.15) is 0 Å². The van der Waals surface area contributed by atoms with Crippen LogP contribution >= 0.6 is 0 Å². The number of carboxylic acids is 1. The second-order valence-electron chi connectivity index (χ2n) is 3.15. The summed E-state index contributed by atoms with van der Waals surface area (Å²) in [5.74, 6) is -0.0861. The van der Waals surface area contributed by atoms with E-state index in [9.17, 15) is 4.79 Å². The minimum atomic E-state index is -1.06. The summed E-state index contributed by atoms with van der Waals surface area (Å²) in [6.45, 7) is 1.93. The molecule has 0 unspecified atom stereocenters. The van der Waals surface area contributed by atoms with Crippen LogP contribution in [0.25, 0.3) is 0 Å². The van der Waals surface area contributed by atoms with Crippen LogP contribution in [0.4, 0.5) is 0 Å². The van der Waals surface area contributed by atoms with Crippen LogP contribution in [0.2, 0.25) is 0 Å². The molecule has 0 radical (unpaired) electrons. The standard InChI is InChI=1S/C8H10N2O3/c11-8(12)6-4-10-7(13-6)1-5-2-9-3-5/h4-5,9H,1-3H2,(H,11,12). The van der Waals surface area contributed by atoms with Gasteiger partial charge in [0, 0.05) is 6.42 Å². The van der Waals surface area contributed by atoms with Gasteiger partial charge in [-0.25, -0.2) is 9.78 Å². The number of oxazole rings is 1. The molecular weight excluding hydrogens is 172 g/mol. The van der Waals surface area contributed by atoms with E-state index in [1.165, 1.54) is 6.20 Å². The number of carboxylic acid groups (broad SMARTS) is 1. The third-order valence-corrected chi connectivity index (χ3v) is 2.09. The molecule has 0 aromatic carbocycles. The molecule has 5 heteroatoms. The molecule has 1 aromatic rings. The van der Waals surface area contributed by atoms with E-state index in [2.05, 4.69) is 10.3 Å². The topological polar surface area (TPSA) is 75.4 Å². The summed E-state index contributed by atoms with van der Waals surface area (Å²) in [7, 11) is 0. The van der Waals surface area contributed by atoms with Crippen LogP contribution in [-0.4, -0.2) is 29.1 Å². The average Bonchev–Trinajstić information content (AvgIpc) is 2.44. The van der Waals surface area contributed by atoms with Crippen molar-refractivity contribution < 1.29 is 14.3 Å². The number of nitrogens with one attached hydrogen (secondary N) is 1. The Kier molecular flexibility index (Phi) is 2.02. The lowest BCUT2D eigenvalue weighted by Crippen LogP contribution is -2.43. The number of aromatic nitrogens is 1. The molecule has 1 aromatic heterocycles. The lowest BCUT2D eigenvalue weighted by atomic mass is 10.00. The number of nitrogens with zero attached hydrogens (tertiary/aromatic N) is 1. The first-order chi connectivity index (χ1) is 6.25. The fourth-order valence-electron chi connectivity index (χ4n) is 1.24. The van der Waals surface area contributed by atoms with Gasteiger partial charge in [0.05, 0.1) is 6.20 Å². The summed E-state index contributed by atoms with van der Waals surface area (Å²) < 4.78 is 5.01. The number of hydrogen-bond donors (Lipinski definition) is 2. The van der Waals surface area contributed by atoms with Crippen molar-refractivity contribution in [1.82, 2.24) is 10.3 Å². The highest BCUT2D eigenvalue weighted by molar-refractivity contribution is 5.83. The number of aromatic carboxylic acids is 1. The van der Waals surface area contributed by atoms with Crippen LogP contribution in [0.5, 0.6) is 0 Å². The molecule has 13 heavy (non-hydrogen) atoms. The van der Waals surface area contributed by atoms with Gasteiger partial charge in [-0.3, -0.25) is 0 Å². The molecule has 0 spiro atoms. The second-order valence-corrected chi connectivity index (χ2v) is 3.15. The van der Waals surface area contributed by atoms with E-state index >= 15 is 0 Å². The minimum Gasteiger partial charge on any atom is -0.475 e. The van der Waals surface area contributed by atoms with Crippen LogP contribution in [0.15, 0.2) is 10.6 Å². The third-order valence-electron chi connectivity index (χ3n) is 2.09. The van der Waals surface area contributed by atoms with Crippen molar-refractivity contribution in [3.05, 3.63) is 17.8 Å². The fourth-order valence-corrected chi connectivity index (χ4v) is 1.24. The van der Waals surface area contributed by atoms with Crippen molar-refractivity contribution in [3.63, 3.8) is 0 Å². The monoisotopic (exact) mass is 182 g/mol. The summed E-state index contributed by atoms with van der Waals surface area (Å²) in [5, 5.41) is 11.7. The minimum absolute atomic E-state index is 0.0812. The summed E-state index contributed by atoms with van der Waals surface area (Å²) in [6.07, 6.45) is 1.98. The van der Waals surface area contributed by atoms with Crippen molar-refractivity contribution in [2.24, 2.45) is 5.92 Å². The van der Waals surface area contributed by atoms with E-state index < -0.39 is 5.97 Å². The normalized spacial score (nSPS) is 16.9. The maximum atomic E-state index is 10.4. The van der Waals surface area contributed by atoms with Gasteiger partial charge in [-0.1, -0.05) is 0 Å². The first-order valence-corrected chi connectivity index (χ1v) is 4.14. The molecule has 2 heterocycles. The molecule has 1 aliphatic rings. The first kappa shape index (κ1) is 8.25. The van der Waals surface area contributed by atoms with Gasteiger partial charge in [0.15, 0.2) is 5.89 Å². The third kappa shape index (κ3) is 1.70. The Bertz CT molecular complexity index is 317. The summed E-state index contributed by atoms with van der Waals surface area (Å²) in [6, 6.07) is 0. The summed E-state index contributed by atoms with van der Waals surface area (Å²) in [4.78, 5) is 14.3. The highest BCUT2D eigenvalue weighted by atomic mass is 16.4. The number of rotatable bonds is 3. The average molecular weight is 182 g/mol. The van der Waals surface area contributed by atoms with Crippen molar-refractivity contribution >= 4 is 5.97 Å². The molecule has 1 saturated heterocycles. The van der Waals surface area contributed by atoms with E-state index in [1.807, 2.05) is 0 Å². The lowest BCUT2D eigenvalue weighted by Gasteiger charge is -2.25. The highest BCUT2D eigenvalue weighted by Crippen LogP contribution is 2.12. The van der Waals surface area contributed by atoms with Crippen molar-refractivity contribution in [1.29, 1.82) is 0 Å². The largest absolute Gasteiger partial charge is 0.475 e. The van der Waals surface area contributed by atoms with Crippen LogP contribution in [-0.2, 0) is 6.42 Å². The molecule has 0 amide bonds. The van der Waals surface area contributed by atoms with Crippen molar-refractivity contribution in [2.75, 3.05) is 13.1 Å². The van der Waals surface area contributed by atoms with E-state index in [-0.39, 0.29) is 5.76 Å². The van der Waals surface area contributed by atoms with E-state index in [0.717, 1.165) is 19.5 Å². The predicted molar refractivity (Wildman–Crippen MR) is 43.5 cm³/mol. The van der Waals surface area contributed by atoms with Crippen LogP contribution in [0, 0.1) is 5.92 Å². The Morgan fingerprint density at radius 1 is 1.77 bits per heavy atom. The van der Waals surface area contributed by atoms with Gasteiger partial charge in [-0.15, -0.1) is 0 Å². The molecule has 70 valence electrons. The maximum absolute atomic E-state index is 10.4. The summed E-state index contributed by atoms with van der Waals surface area (Å²) >= 11 is 0. The van der Waals surface area contributed by atoms with Gasteiger partial charge in [0.2, 0.25) is 5.76 Å². The van der Waals surface area contributed by atoms with Crippen LogP contribution in [0.1, 0.15) is 16.4 Å². The van der Waals surface area contributed by atoms with Crippen LogP contribution < -0.4 is 5.32 Å². The van der Waals surface area contributed by atoms with E-state index in [0.29, 0.717) is 11.8 Å². The molecule has 5 nitrogen and oxygen atoms in total. The van der Waals surface area contributed by atoms with Crippen molar-refractivity contribution in [3.8, 4) is 0 Å². The first-order valence-electron chi connectivity index (χ1n) is 4.14.